The summed E-state index contributed by atoms with van der Waals surface area (Å²) < 4.78 is 4.85. The molecule has 148 valence electrons. The van der Waals surface area contributed by atoms with Gasteiger partial charge >= 0.3 is 12.2 Å². The highest BCUT2D eigenvalue weighted by Crippen LogP contribution is 2.25. The van der Waals surface area contributed by atoms with E-state index < -0.39 is 12.2 Å². The van der Waals surface area contributed by atoms with Crippen molar-refractivity contribution in [1.82, 2.24) is 0 Å². The zero-order valence-electron chi connectivity index (χ0n) is 15.9. The number of benzene rings is 2. The van der Waals surface area contributed by atoms with Gasteiger partial charge in [0.2, 0.25) is 0 Å². The van der Waals surface area contributed by atoms with E-state index in [-0.39, 0.29) is 12.1 Å². The average molecular weight is 390 g/mol. The van der Waals surface area contributed by atoms with Crippen LogP contribution in [0.5, 0.6) is 0 Å². The van der Waals surface area contributed by atoms with Crippen molar-refractivity contribution in [2.45, 2.75) is 37.8 Å². The van der Waals surface area contributed by atoms with Gasteiger partial charge in [-0.1, -0.05) is 49.2 Å². The van der Waals surface area contributed by atoms with E-state index in [2.05, 4.69) is 10.6 Å². The molecular formula is C22H22N4O3. The first-order chi connectivity index (χ1) is 14.2. The number of cyclic esters (lactones) is 2. The second kappa shape index (κ2) is 8.68. The molecule has 2 aliphatic rings. The number of nitrogens with one attached hydrogen (secondary N) is 2. The number of ether oxygens (including phenoxy) is 1. The maximum absolute atomic E-state index is 12.2. The van der Waals surface area contributed by atoms with E-state index in [1.54, 1.807) is 36.7 Å². The number of nitrogens with zero attached hydrogens (tertiary/aromatic N) is 2. The highest BCUT2D eigenvalue weighted by molar-refractivity contribution is 6.02. The monoisotopic (exact) mass is 390 g/mol. The molecule has 2 aromatic rings. The molecule has 1 fully saturated rings. The van der Waals surface area contributed by atoms with Gasteiger partial charge in [0, 0.05) is 23.6 Å². The second-order valence-electron chi connectivity index (χ2n) is 7.08. The predicted molar refractivity (Wildman–Crippen MR) is 113 cm³/mol. The zero-order chi connectivity index (χ0) is 20.1. The van der Waals surface area contributed by atoms with Crippen molar-refractivity contribution in [3.05, 3.63) is 59.7 Å². The number of hydrogen-bond acceptors (Lipinski definition) is 5. The van der Waals surface area contributed by atoms with Crippen LogP contribution < -0.4 is 10.6 Å². The molecule has 2 atom stereocenters. The maximum atomic E-state index is 12.2. The molecule has 0 saturated heterocycles. The van der Waals surface area contributed by atoms with Crippen LogP contribution in [0.15, 0.2) is 58.5 Å². The van der Waals surface area contributed by atoms with Crippen LogP contribution in [0.3, 0.4) is 0 Å². The van der Waals surface area contributed by atoms with Crippen LogP contribution in [-0.4, -0.2) is 36.7 Å². The molecule has 29 heavy (non-hydrogen) atoms. The summed E-state index contributed by atoms with van der Waals surface area (Å²) in [7, 11) is 0. The van der Waals surface area contributed by atoms with Crippen molar-refractivity contribution in [1.29, 1.82) is 0 Å². The molecule has 0 radical (unpaired) electrons. The van der Waals surface area contributed by atoms with Gasteiger partial charge in [-0.25, -0.2) is 9.59 Å². The molecule has 4 rings (SSSR count). The van der Waals surface area contributed by atoms with E-state index in [4.69, 9.17) is 14.7 Å². The van der Waals surface area contributed by atoms with Crippen molar-refractivity contribution in [2.24, 2.45) is 9.98 Å². The highest BCUT2D eigenvalue weighted by atomic mass is 16.6. The van der Waals surface area contributed by atoms with Crippen molar-refractivity contribution in [2.75, 3.05) is 10.6 Å². The first-order valence-corrected chi connectivity index (χ1v) is 9.73. The molecular weight excluding hydrogens is 368 g/mol. The van der Waals surface area contributed by atoms with Gasteiger partial charge in [-0.15, -0.1) is 0 Å². The molecule has 1 aliphatic heterocycles. The fourth-order valence-corrected chi connectivity index (χ4v) is 3.59. The summed E-state index contributed by atoms with van der Waals surface area (Å²) >= 11 is 0. The fourth-order valence-electron chi connectivity index (χ4n) is 3.59. The SMILES string of the molecule is O=C1Nc2ccccc2C=NC2CCCCC2N=Cc2ccccc2NC(=O)O1. The van der Waals surface area contributed by atoms with Gasteiger partial charge in [-0.2, -0.15) is 0 Å². The number of aliphatic imine (C=N–C) groups is 2. The number of amides is 2. The molecule has 1 heterocycles. The van der Waals surface area contributed by atoms with E-state index in [1.807, 2.05) is 24.3 Å². The van der Waals surface area contributed by atoms with E-state index in [9.17, 15) is 9.59 Å². The summed E-state index contributed by atoms with van der Waals surface area (Å²) in [5, 5.41) is 5.22. The average Bonchev–Trinajstić information content (AvgIpc) is 2.72. The summed E-state index contributed by atoms with van der Waals surface area (Å²) in [5.41, 5.74) is 2.55. The topological polar surface area (TPSA) is 92.1 Å². The lowest BCUT2D eigenvalue weighted by atomic mass is 9.91. The third-order valence-corrected chi connectivity index (χ3v) is 5.08. The number of rotatable bonds is 0. The lowest BCUT2D eigenvalue weighted by Gasteiger charge is -2.25. The number of fused-ring (bicyclic) bond motifs is 3. The molecule has 1 aliphatic carbocycles. The quantitative estimate of drug-likeness (QED) is 0.643. The minimum Gasteiger partial charge on any atom is -0.359 e. The van der Waals surface area contributed by atoms with Gasteiger partial charge in [0.25, 0.3) is 0 Å². The Balaban J connectivity index is 1.71. The van der Waals surface area contributed by atoms with Gasteiger partial charge in [0.1, 0.15) is 0 Å². The van der Waals surface area contributed by atoms with Crippen LogP contribution in [-0.2, 0) is 4.74 Å². The maximum Gasteiger partial charge on any atom is 0.420 e. The summed E-state index contributed by atoms with van der Waals surface area (Å²) in [6, 6.07) is 14.7. The Morgan fingerprint density at radius 1 is 0.724 bits per heavy atom. The summed E-state index contributed by atoms with van der Waals surface area (Å²) in [4.78, 5) is 33.9. The Kier molecular flexibility index (Phi) is 5.65. The Labute approximate surface area is 168 Å². The fraction of sp³-hybridized carbons (Fsp3) is 0.273. The lowest BCUT2D eigenvalue weighted by molar-refractivity contribution is 0.170. The third kappa shape index (κ3) is 4.68. The van der Waals surface area contributed by atoms with Crippen molar-refractivity contribution >= 4 is 36.0 Å². The Hall–Kier alpha value is -3.48. The van der Waals surface area contributed by atoms with Gasteiger partial charge < -0.3 is 4.74 Å². The predicted octanol–water partition coefficient (Wildman–Crippen LogP) is 4.63. The van der Waals surface area contributed by atoms with E-state index >= 15 is 0 Å². The number of carbonyl (C=O) groups is 2. The van der Waals surface area contributed by atoms with Gasteiger partial charge in [-0.3, -0.25) is 20.6 Å². The normalized spacial score (nSPS) is 21.9. The Morgan fingerprint density at radius 2 is 1.17 bits per heavy atom. The minimum absolute atomic E-state index is 0.0758. The van der Waals surface area contributed by atoms with Crippen molar-refractivity contribution in [3.63, 3.8) is 0 Å². The molecule has 2 amide bonds. The van der Waals surface area contributed by atoms with Crippen LogP contribution in [0.25, 0.3) is 0 Å². The largest absolute Gasteiger partial charge is 0.420 e. The molecule has 2 unspecified atom stereocenters. The number of carbonyl (C=O) groups excluding carboxylic acids is 2. The highest BCUT2D eigenvalue weighted by Gasteiger charge is 2.23. The first-order valence-electron chi connectivity index (χ1n) is 9.73. The van der Waals surface area contributed by atoms with Gasteiger partial charge in [-0.05, 0) is 25.0 Å². The molecule has 2 aromatic carbocycles. The number of hydrogen-bond donors (Lipinski definition) is 2. The Bertz CT molecular complexity index is 893. The molecule has 7 heteroatoms. The summed E-state index contributed by atoms with van der Waals surface area (Å²) in [6.07, 6.45) is 5.98. The van der Waals surface area contributed by atoms with Crippen LogP contribution in [0.1, 0.15) is 36.8 Å². The molecule has 0 aromatic heterocycles. The molecule has 1 saturated carbocycles. The molecule has 0 spiro atoms. The van der Waals surface area contributed by atoms with Crippen LogP contribution in [0.4, 0.5) is 21.0 Å². The van der Waals surface area contributed by atoms with Gasteiger partial charge in [0.15, 0.2) is 0 Å². The number of para-hydroxylation sites is 2. The molecule has 2 N–H and O–H groups in total. The first kappa shape index (κ1) is 18.9. The van der Waals surface area contributed by atoms with Crippen LogP contribution in [0, 0.1) is 0 Å². The van der Waals surface area contributed by atoms with E-state index in [0.717, 1.165) is 36.8 Å². The number of anilines is 2. The van der Waals surface area contributed by atoms with Crippen LogP contribution in [0.2, 0.25) is 0 Å². The second-order valence-corrected chi connectivity index (χ2v) is 7.08. The summed E-state index contributed by atoms with van der Waals surface area (Å²) in [6.45, 7) is 0. The molecule has 0 bridgehead atoms. The summed E-state index contributed by atoms with van der Waals surface area (Å²) in [5.74, 6) is 0. The molecule has 7 nitrogen and oxygen atoms in total. The lowest BCUT2D eigenvalue weighted by Crippen LogP contribution is -2.27. The van der Waals surface area contributed by atoms with E-state index in [1.165, 1.54) is 0 Å². The zero-order valence-corrected chi connectivity index (χ0v) is 15.9. The van der Waals surface area contributed by atoms with Crippen molar-refractivity contribution in [3.8, 4) is 0 Å². The van der Waals surface area contributed by atoms with Crippen molar-refractivity contribution < 1.29 is 14.3 Å². The smallest absolute Gasteiger partial charge is 0.359 e. The standard InChI is InChI=1S/C22H22N4O3/c27-21-25-17-9-3-1-7-15(17)13-23-19-11-5-6-12-20(19)24-14-16-8-2-4-10-18(16)26-22(28)29-21/h1-4,7-10,13-14,19-20H,5-6,11-12H2,(H,25,27)(H,26,28). The van der Waals surface area contributed by atoms with Crippen LogP contribution >= 0.6 is 0 Å². The van der Waals surface area contributed by atoms with E-state index in [0.29, 0.717) is 11.4 Å². The third-order valence-electron chi connectivity index (χ3n) is 5.08. The van der Waals surface area contributed by atoms with Gasteiger partial charge in [0.05, 0.1) is 23.5 Å². The Morgan fingerprint density at radius 3 is 1.66 bits per heavy atom. The minimum atomic E-state index is -0.861.